The molecule has 3 heteroatoms. The summed E-state index contributed by atoms with van der Waals surface area (Å²) in [5.74, 6) is -0.130. The summed E-state index contributed by atoms with van der Waals surface area (Å²) in [6.45, 7) is 1.94. The molecule has 0 atom stereocenters. The van der Waals surface area contributed by atoms with Crippen LogP contribution in [0.1, 0.15) is 15.9 Å². The first kappa shape index (κ1) is 13.2. The fourth-order valence-corrected chi connectivity index (χ4v) is 2.30. The lowest BCUT2D eigenvalue weighted by Gasteiger charge is -2.10. The summed E-state index contributed by atoms with van der Waals surface area (Å²) in [4.78, 5) is 12.4. The average Bonchev–Trinajstić information content (AvgIpc) is 2.50. The molecule has 3 rings (SSSR count). The zero-order valence-electron chi connectivity index (χ0n) is 11.8. The normalized spacial score (nSPS) is 10.5. The van der Waals surface area contributed by atoms with E-state index in [2.05, 4.69) is 5.32 Å². The third-order valence-corrected chi connectivity index (χ3v) is 3.52. The third kappa shape index (κ3) is 2.72. The maximum Gasteiger partial charge on any atom is 0.255 e. The van der Waals surface area contributed by atoms with Crippen molar-refractivity contribution in [3.05, 3.63) is 71.8 Å². The second-order valence-electron chi connectivity index (χ2n) is 5.09. The summed E-state index contributed by atoms with van der Waals surface area (Å²) in [6, 6.07) is 19.1. The number of fused-ring (bicyclic) bond motifs is 1. The molecule has 0 unspecified atom stereocenters. The van der Waals surface area contributed by atoms with Crippen LogP contribution in [0.2, 0.25) is 0 Å². The molecular weight excluding hydrogens is 260 g/mol. The predicted octanol–water partition coefficient (Wildman–Crippen LogP) is 3.98. The molecule has 0 aliphatic rings. The second kappa shape index (κ2) is 5.29. The molecule has 0 radical (unpaired) electrons. The van der Waals surface area contributed by atoms with Crippen LogP contribution in [0.5, 0.6) is 0 Å². The van der Waals surface area contributed by atoms with Crippen molar-refractivity contribution in [2.24, 2.45) is 0 Å². The van der Waals surface area contributed by atoms with Gasteiger partial charge in [-0.05, 0) is 47.5 Å². The topological polar surface area (TPSA) is 55.1 Å². The molecule has 0 aliphatic heterocycles. The van der Waals surface area contributed by atoms with Gasteiger partial charge < -0.3 is 11.1 Å². The highest BCUT2D eigenvalue weighted by Gasteiger charge is 2.08. The van der Waals surface area contributed by atoms with E-state index >= 15 is 0 Å². The van der Waals surface area contributed by atoms with Crippen molar-refractivity contribution in [1.29, 1.82) is 0 Å². The van der Waals surface area contributed by atoms with Gasteiger partial charge in [0.25, 0.3) is 5.91 Å². The van der Waals surface area contributed by atoms with Crippen LogP contribution in [0.4, 0.5) is 11.4 Å². The number of aryl methyl sites for hydroxylation is 1. The lowest BCUT2D eigenvalue weighted by Crippen LogP contribution is -2.12. The summed E-state index contributed by atoms with van der Waals surface area (Å²) < 4.78 is 0. The maximum absolute atomic E-state index is 12.4. The number of carbonyl (C=O) groups is 1. The molecule has 3 N–H and O–H groups in total. The molecule has 104 valence electrons. The van der Waals surface area contributed by atoms with E-state index in [-0.39, 0.29) is 5.91 Å². The van der Waals surface area contributed by atoms with Gasteiger partial charge in [0.15, 0.2) is 0 Å². The second-order valence-corrected chi connectivity index (χ2v) is 5.09. The van der Waals surface area contributed by atoms with Gasteiger partial charge in [-0.3, -0.25) is 4.79 Å². The Morgan fingerprint density at radius 3 is 2.52 bits per heavy atom. The van der Waals surface area contributed by atoms with Crippen molar-refractivity contribution in [2.45, 2.75) is 6.92 Å². The molecule has 3 nitrogen and oxygen atoms in total. The molecule has 0 saturated heterocycles. The number of nitrogen functional groups attached to an aromatic ring is 1. The molecular formula is C18H16N2O. The van der Waals surface area contributed by atoms with Crippen LogP contribution in [0.3, 0.4) is 0 Å². The Balaban J connectivity index is 1.91. The van der Waals surface area contributed by atoms with Crippen LogP contribution < -0.4 is 11.1 Å². The largest absolute Gasteiger partial charge is 0.399 e. The molecule has 0 saturated carbocycles. The van der Waals surface area contributed by atoms with Gasteiger partial charge in [0.2, 0.25) is 0 Å². The summed E-state index contributed by atoms with van der Waals surface area (Å²) in [6.07, 6.45) is 0. The van der Waals surface area contributed by atoms with E-state index in [0.29, 0.717) is 11.3 Å². The van der Waals surface area contributed by atoms with Crippen LogP contribution in [0.15, 0.2) is 60.7 Å². The number of carbonyl (C=O) groups excluding carboxylic acids is 1. The highest BCUT2D eigenvalue weighted by Crippen LogP contribution is 2.20. The van der Waals surface area contributed by atoms with Crippen molar-refractivity contribution in [1.82, 2.24) is 0 Å². The monoisotopic (exact) mass is 276 g/mol. The molecule has 0 heterocycles. The van der Waals surface area contributed by atoms with Gasteiger partial charge in [-0.15, -0.1) is 0 Å². The number of benzene rings is 3. The molecule has 0 fully saturated rings. The Bertz CT molecular complexity index is 824. The van der Waals surface area contributed by atoms with E-state index in [1.807, 2.05) is 61.5 Å². The maximum atomic E-state index is 12.4. The summed E-state index contributed by atoms with van der Waals surface area (Å²) in [5, 5.41) is 5.08. The van der Waals surface area contributed by atoms with Crippen LogP contribution in [0.25, 0.3) is 10.8 Å². The quantitative estimate of drug-likeness (QED) is 0.695. The van der Waals surface area contributed by atoms with Crippen molar-refractivity contribution >= 4 is 28.1 Å². The number of anilines is 2. The van der Waals surface area contributed by atoms with Crippen molar-refractivity contribution < 1.29 is 4.79 Å². The molecule has 3 aromatic rings. The van der Waals surface area contributed by atoms with Gasteiger partial charge >= 0.3 is 0 Å². The lowest BCUT2D eigenvalue weighted by atomic mass is 10.1. The Morgan fingerprint density at radius 2 is 1.71 bits per heavy atom. The average molecular weight is 276 g/mol. The Morgan fingerprint density at radius 1 is 0.952 bits per heavy atom. The Labute approximate surface area is 123 Å². The molecule has 0 aliphatic carbocycles. The standard InChI is InChI=1S/C18H16N2O/c1-12-6-9-16(19)11-17(12)20-18(21)15-8-7-13-4-2-3-5-14(13)10-15/h2-11H,19H2,1H3,(H,20,21). The minimum atomic E-state index is -0.130. The summed E-state index contributed by atoms with van der Waals surface area (Å²) in [7, 11) is 0. The van der Waals surface area contributed by atoms with Gasteiger partial charge in [-0.1, -0.05) is 36.4 Å². The fraction of sp³-hybridized carbons (Fsp3) is 0.0556. The van der Waals surface area contributed by atoms with E-state index in [1.165, 1.54) is 0 Å². The molecule has 1 amide bonds. The number of nitrogens with one attached hydrogen (secondary N) is 1. The molecule has 0 spiro atoms. The Hall–Kier alpha value is -2.81. The predicted molar refractivity (Wildman–Crippen MR) is 87.5 cm³/mol. The van der Waals surface area contributed by atoms with Crippen molar-refractivity contribution in [3.63, 3.8) is 0 Å². The molecule has 3 aromatic carbocycles. The van der Waals surface area contributed by atoms with E-state index in [1.54, 1.807) is 6.07 Å². The van der Waals surface area contributed by atoms with E-state index in [0.717, 1.165) is 22.0 Å². The van der Waals surface area contributed by atoms with E-state index in [4.69, 9.17) is 5.73 Å². The van der Waals surface area contributed by atoms with E-state index < -0.39 is 0 Å². The number of amides is 1. The van der Waals surface area contributed by atoms with Gasteiger partial charge in [0, 0.05) is 16.9 Å². The van der Waals surface area contributed by atoms with Gasteiger partial charge in [-0.2, -0.15) is 0 Å². The molecule has 0 bridgehead atoms. The lowest BCUT2D eigenvalue weighted by molar-refractivity contribution is 0.102. The number of nitrogens with two attached hydrogens (primary N) is 1. The first-order chi connectivity index (χ1) is 10.1. The minimum Gasteiger partial charge on any atom is -0.399 e. The first-order valence-corrected chi connectivity index (χ1v) is 6.80. The summed E-state index contributed by atoms with van der Waals surface area (Å²) >= 11 is 0. The molecule has 21 heavy (non-hydrogen) atoms. The highest BCUT2D eigenvalue weighted by atomic mass is 16.1. The Kier molecular flexibility index (Phi) is 3.32. The van der Waals surface area contributed by atoms with Crippen LogP contribution in [-0.4, -0.2) is 5.91 Å². The van der Waals surface area contributed by atoms with E-state index in [9.17, 15) is 4.79 Å². The zero-order chi connectivity index (χ0) is 14.8. The summed E-state index contributed by atoms with van der Waals surface area (Å²) in [5.41, 5.74) is 8.76. The van der Waals surface area contributed by atoms with Crippen LogP contribution in [-0.2, 0) is 0 Å². The zero-order valence-corrected chi connectivity index (χ0v) is 11.8. The van der Waals surface area contributed by atoms with Crippen LogP contribution in [0, 0.1) is 6.92 Å². The fourth-order valence-electron chi connectivity index (χ4n) is 2.30. The first-order valence-electron chi connectivity index (χ1n) is 6.80. The van der Waals surface area contributed by atoms with Crippen LogP contribution >= 0.6 is 0 Å². The number of hydrogen-bond acceptors (Lipinski definition) is 2. The minimum absolute atomic E-state index is 0.130. The van der Waals surface area contributed by atoms with Gasteiger partial charge in [0.1, 0.15) is 0 Å². The SMILES string of the molecule is Cc1ccc(N)cc1NC(=O)c1ccc2ccccc2c1. The third-order valence-electron chi connectivity index (χ3n) is 3.52. The molecule has 0 aromatic heterocycles. The smallest absolute Gasteiger partial charge is 0.255 e. The van der Waals surface area contributed by atoms with Crippen molar-refractivity contribution in [3.8, 4) is 0 Å². The highest BCUT2D eigenvalue weighted by molar-refractivity contribution is 6.06. The van der Waals surface area contributed by atoms with Crippen molar-refractivity contribution in [2.75, 3.05) is 11.1 Å². The van der Waals surface area contributed by atoms with Gasteiger partial charge in [0.05, 0.1) is 0 Å². The number of rotatable bonds is 2. The van der Waals surface area contributed by atoms with Gasteiger partial charge in [-0.25, -0.2) is 0 Å². The number of hydrogen-bond donors (Lipinski definition) is 2.